The number of hydrogen-bond donors (Lipinski definition) is 1. The van der Waals surface area contributed by atoms with Crippen LogP contribution in [0.15, 0.2) is 42.5 Å². The van der Waals surface area contributed by atoms with Crippen molar-refractivity contribution in [3.63, 3.8) is 0 Å². The lowest BCUT2D eigenvalue weighted by Crippen LogP contribution is -2.65. The van der Waals surface area contributed by atoms with Gasteiger partial charge in [0.05, 0.1) is 6.54 Å². The van der Waals surface area contributed by atoms with E-state index in [-0.39, 0.29) is 17.9 Å². The highest BCUT2D eigenvalue weighted by molar-refractivity contribution is 6.00. The van der Waals surface area contributed by atoms with Gasteiger partial charge in [-0.15, -0.1) is 0 Å². The molecule has 2 aliphatic rings. The van der Waals surface area contributed by atoms with Crippen LogP contribution in [0, 0.1) is 0 Å². The normalized spacial score (nSPS) is 21.8. The Hall–Kier alpha value is -2.60. The average Bonchev–Trinajstić information content (AvgIpc) is 3.04. The first-order valence-corrected chi connectivity index (χ1v) is 11.9. The molecular formula is C26H35N3O3. The van der Waals surface area contributed by atoms with Crippen LogP contribution < -0.4 is 5.32 Å². The quantitative estimate of drug-likeness (QED) is 0.520. The molecule has 2 amide bonds. The predicted octanol–water partition coefficient (Wildman–Crippen LogP) is 4.25. The molecule has 0 saturated heterocycles. The molecule has 6 nitrogen and oxygen atoms in total. The summed E-state index contributed by atoms with van der Waals surface area (Å²) in [5.74, 6) is -0.137. The Kier molecular flexibility index (Phi) is 6.99. The third kappa shape index (κ3) is 4.46. The van der Waals surface area contributed by atoms with E-state index in [1.807, 2.05) is 54.0 Å². The van der Waals surface area contributed by atoms with Gasteiger partial charge in [-0.05, 0) is 43.9 Å². The minimum Gasteiger partial charge on any atom is -0.385 e. The number of hydrogen-bond acceptors (Lipinski definition) is 3. The van der Waals surface area contributed by atoms with Crippen molar-refractivity contribution in [2.24, 2.45) is 0 Å². The van der Waals surface area contributed by atoms with Crippen molar-refractivity contribution in [1.29, 1.82) is 0 Å². The fourth-order valence-electron chi connectivity index (χ4n) is 5.12. The number of benzene rings is 1. The first-order chi connectivity index (χ1) is 15.5. The van der Waals surface area contributed by atoms with Crippen LogP contribution in [-0.4, -0.2) is 53.1 Å². The predicted molar refractivity (Wildman–Crippen MR) is 125 cm³/mol. The van der Waals surface area contributed by atoms with Gasteiger partial charge in [0.25, 0.3) is 5.91 Å². The highest BCUT2D eigenvalue weighted by Gasteiger charge is 2.47. The number of nitrogens with one attached hydrogen (secondary N) is 1. The topological polar surface area (TPSA) is 63.6 Å². The van der Waals surface area contributed by atoms with Crippen LogP contribution in [0.2, 0.25) is 0 Å². The van der Waals surface area contributed by atoms with E-state index >= 15 is 0 Å². The van der Waals surface area contributed by atoms with Crippen molar-refractivity contribution >= 4 is 11.8 Å². The number of nitrogens with zero attached hydrogens (tertiary/aromatic N) is 2. The number of carbonyl (C=O) groups excluding carboxylic acids is 2. The van der Waals surface area contributed by atoms with Gasteiger partial charge in [-0.2, -0.15) is 0 Å². The molecule has 1 aromatic carbocycles. The van der Waals surface area contributed by atoms with E-state index < -0.39 is 5.54 Å². The molecule has 1 fully saturated rings. The van der Waals surface area contributed by atoms with Gasteiger partial charge >= 0.3 is 0 Å². The summed E-state index contributed by atoms with van der Waals surface area (Å²) in [4.78, 5) is 29.1. The lowest BCUT2D eigenvalue weighted by atomic mass is 9.93. The minimum atomic E-state index is -0.952. The average molecular weight is 438 g/mol. The van der Waals surface area contributed by atoms with Gasteiger partial charge in [-0.25, -0.2) is 0 Å². The Morgan fingerprint density at radius 3 is 2.44 bits per heavy atom. The third-order valence-corrected chi connectivity index (χ3v) is 6.99. The van der Waals surface area contributed by atoms with E-state index in [0.29, 0.717) is 31.8 Å². The Bertz CT molecular complexity index is 931. The second-order valence-corrected chi connectivity index (χ2v) is 9.29. The van der Waals surface area contributed by atoms with Gasteiger partial charge in [0, 0.05) is 32.0 Å². The van der Waals surface area contributed by atoms with E-state index in [0.717, 1.165) is 36.9 Å². The Morgan fingerprint density at radius 2 is 1.75 bits per heavy atom. The van der Waals surface area contributed by atoms with Gasteiger partial charge in [0.15, 0.2) is 0 Å². The lowest BCUT2D eigenvalue weighted by molar-refractivity contribution is -0.133. The number of carbonyl (C=O) groups is 2. The second kappa shape index (κ2) is 9.90. The maximum Gasteiger partial charge on any atom is 0.271 e. The summed E-state index contributed by atoms with van der Waals surface area (Å²) >= 11 is 0. The molecule has 4 rings (SSSR count). The molecule has 1 atom stereocenters. The molecular weight excluding hydrogens is 402 g/mol. The molecule has 0 spiro atoms. The second-order valence-electron chi connectivity index (χ2n) is 9.29. The van der Waals surface area contributed by atoms with Crippen LogP contribution in [0.5, 0.6) is 0 Å². The van der Waals surface area contributed by atoms with Crippen LogP contribution in [0.3, 0.4) is 0 Å². The molecule has 0 bridgehead atoms. The fraction of sp³-hybridized carbons (Fsp3) is 0.538. The smallest absolute Gasteiger partial charge is 0.271 e. The molecule has 1 saturated carbocycles. The highest BCUT2D eigenvalue weighted by atomic mass is 16.5. The summed E-state index contributed by atoms with van der Waals surface area (Å²) < 4.78 is 7.24. The monoisotopic (exact) mass is 437 g/mol. The zero-order valence-corrected chi connectivity index (χ0v) is 19.3. The molecule has 32 heavy (non-hydrogen) atoms. The summed E-state index contributed by atoms with van der Waals surface area (Å²) in [6.07, 6.45) is 7.50. The molecule has 1 aliphatic heterocycles. The van der Waals surface area contributed by atoms with E-state index in [9.17, 15) is 9.59 Å². The molecule has 172 valence electrons. The first kappa shape index (κ1) is 22.6. The summed E-state index contributed by atoms with van der Waals surface area (Å²) in [6.45, 7) is 3.41. The number of rotatable bonds is 7. The maximum atomic E-state index is 13.7. The molecule has 1 aromatic heterocycles. The van der Waals surface area contributed by atoms with E-state index in [2.05, 4.69) is 5.32 Å². The number of amides is 2. The zero-order valence-electron chi connectivity index (χ0n) is 19.3. The standard InChI is InChI=1S/C26H35N3O3/c1-26(25(31)27-21-13-8-3-4-9-14-21)19-28-22(20-11-6-5-7-12-20)15-16-23(28)24(30)29(26)17-10-18-32-2/h5-7,11-12,15-16,21H,3-4,8-10,13-14,17-19H2,1-2H3,(H,27,31)/t26-/m0/s1. The van der Waals surface area contributed by atoms with Gasteiger partial charge in [0.1, 0.15) is 11.2 Å². The SMILES string of the molecule is COCCCN1C(=O)c2ccc(-c3ccccc3)n2C[C@@]1(C)C(=O)NC1CCCCCC1. The van der Waals surface area contributed by atoms with Crippen molar-refractivity contribution in [1.82, 2.24) is 14.8 Å². The van der Waals surface area contributed by atoms with Gasteiger partial charge < -0.3 is 19.5 Å². The van der Waals surface area contributed by atoms with Crippen molar-refractivity contribution in [3.8, 4) is 11.3 Å². The summed E-state index contributed by atoms with van der Waals surface area (Å²) in [6, 6.07) is 14.1. The zero-order chi connectivity index (χ0) is 22.6. The number of aromatic nitrogens is 1. The lowest BCUT2D eigenvalue weighted by Gasteiger charge is -2.45. The van der Waals surface area contributed by atoms with Crippen LogP contribution in [0.25, 0.3) is 11.3 Å². The first-order valence-electron chi connectivity index (χ1n) is 11.9. The summed E-state index contributed by atoms with van der Waals surface area (Å²) in [5.41, 5.74) is 1.71. The molecule has 1 N–H and O–H groups in total. The van der Waals surface area contributed by atoms with Crippen molar-refractivity contribution < 1.29 is 14.3 Å². The Morgan fingerprint density at radius 1 is 1.06 bits per heavy atom. The number of ether oxygens (including phenoxy) is 1. The Labute approximate surface area is 190 Å². The largest absolute Gasteiger partial charge is 0.385 e. The van der Waals surface area contributed by atoms with Crippen molar-refractivity contribution in [3.05, 3.63) is 48.2 Å². The number of methoxy groups -OCH3 is 1. The van der Waals surface area contributed by atoms with Gasteiger partial charge in [-0.1, -0.05) is 56.0 Å². The van der Waals surface area contributed by atoms with Gasteiger partial charge in [0.2, 0.25) is 5.91 Å². The van der Waals surface area contributed by atoms with Crippen molar-refractivity contribution in [2.75, 3.05) is 20.3 Å². The molecule has 0 unspecified atom stereocenters. The fourth-order valence-corrected chi connectivity index (χ4v) is 5.12. The Balaban J connectivity index is 1.66. The van der Waals surface area contributed by atoms with Crippen molar-refractivity contribution in [2.45, 2.75) is 70.0 Å². The summed E-state index contributed by atoms with van der Waals surface area (Å²) in [7, 11) is 1.66. The molecule has 6 heteroatoms. The van der Waals surface area contributed by atoms with Gasteiger partial charge in [-0.3, -0.25) is 9.59 Å². The minimum absolute atomic E-state index is 0.0477. The molecule has 0 radical (unpaired) electrons. The van der Waals surface area contributed by atoms with E-state index in [1.54, 1.807) is 12.0 Å². The van der Waals surface area contributed by atoms with Crippen LogP contribution >= 0.6 is 0 Å². The molecule has 1 aliphatic carbocycles. The highest BCUT2D eigenvalue weighted by Crippen LogP contribution is 2.33. The maximum absolute atomic E-state index is 13.7. The molecule has 2 aromatic rings. The van der Waals surface area contributed by atoms with Crippen LogP contribution in [0.1, 0.15) is 62.4 Å². The van der Waals surface area contributed by atoms with E-state index in [4.69, 9.17) is 4.74 Å². The summed E-state index contributed by atoms with van der Waals surface area (Å²) in [5, 5.41) is 3.31. The van der Waals surface area contributed by atoms with E-state index in [1.165, 1.54) is 12.8 Å². The number of fused-ring (bicyclic) bond motifs is 1. The third-order valence-electron chi connectivity index (χ3n) is 6.99. The molecule has 2 heterocycles. The van der Waals surface area contributed by atoms with Crippen LogP contribution in [0.4, 0.5) is 0 Å². The van der Waals surface area contributed by atoms with Crippen LogP contribution in [-0.2, 0) is 16.1 Å².